The van der Waals surface area contributed by atoms with Crippen LogP contribution >= 0.6 is 31.9 Å². The van der Waals surface area contributed by atoms with Crippen molar-refractivity contribution in [2.75, 3.05) is 7.11 Å². The zero-order valence-electron chi connectivity index (χ0n) is 10.3. The van der Waals surface area contributed by atoms with E-state index in [2.05, 4.69) is 46.8 Å². The number of rotatable bonds is 2. The fourth-order valence-corrected chi connectivity index (χ4v) is 2.02. The van der Waals surface area contributed by atoms with E-state index in [0.717, 1.165) is 18.0 Å². The van der Waals surface area contributed by atoms with E-state index in [0.29, 0.717) is 6.07 Å². The van der Waals surface area contributed by atoms with Crippen LogP contribution in [0.25, 0.3) is 5.69 Å². The smallest absolute Gasteiger partial charge is 0.418 e. The average molecular weight is 429 g/mol. The summed E-state index contributed by atoms with van der Waals surface area (Å²) in [6.07, 6.45) is -4.67. The molecule has 0 unspecified atom stereocenters. The van der Waals surface area contributed by atoms with Crippen molar-refractivity contribution < 1.29 is 22.7 Å². The molecule has 0 N–H and O–H groups in total. The van der Waals surface area contributed by atoms with Gasteiger partial charge in [-0.2, -0.15) is 13.2 Å². The highest BCUT2D eigenvalue weighted by Crippen LogP contribution is 2.35. The predicted molar refractivity (Wildman–Crippen MR) is 73.1 cm³/mol. The van der Waals surface area contributed by atoms with Crippen molar-refractivity contribution in [1.29, 1.82) is 0 Å². The molecule has 0 radical (unpaired) electrons. The predicted octanol–water partition coefficient (Wildman–Crippen LogP) is 3.60. The lowest BCUT2D eigenvalue weighted by molar-refractivity contribution is -0.137. The van der Waals surface area contributed by atoms with Gasteiger partial charge in [-0.05, 0) is 50.1 Å². The number of ether oxygens (including phenoxy) is 1. The maximum absolute atomic E-state index is 13.1. The largest absolute Gasteiger partial charge is 0.465 e. The Kier molecular flexibility index (Phi) is 4.38. The summed E-state index contributed by atoms with van der Waals surface area (Å²) < 4.78 is 44.4. The first-order valence-electron chi connectivity index (χ1n) is 5.32. The van der Waals surface area contributed by atoms with Gasteiger partial charge < -0.3 is 4.74 Å². The summed E-state index contributed by atoms with van der Waals surface area (Å²) in [5.74, 6) is -0.858. The van der Waals surface area contributed by atoms with Gasteiger partial charge in [-0.1, -0.05) is 0 Å². The van der Waals surface area contributed by atoms with E-state index in [-0.39, 0.29) is 20.5 Å². The number of halogens is 5. The van der Waals surface area contributed by atoms with E-state index in [9.17, 15) is 18.0 Å². The highest BCUT2D eigenvalue weighted by molar-refractivity contribution is 9.13. The van der Waals surface area contributed by atoms with Crippen molar-refractivity contribution in [2.24, 2.45) is 0 Å². The molecule has 2 aromatic rings. The van der Waals surface area contributed by atoms with Crippen LogP contribution in [0.2, 0.25) is 0 Å². The Hall–Kier alpha value is -1.42. The minimum atomic E-state index is -4.67. The van der Waals surface area contributed by atoms with E-state index >= 15 is 0 Å². The van der Waals surface area contributed by atoms with E-state index in [1.807, 2.05) is 0 Å². The molecule has 0 bridgehead atoms. The number of esters is 1. The molecule has 0 atom stereocenters. The van der Waals surface area contributed by atoms with Crippen molar-refractivity contribution in [3.63, 3.8) is 0 Å². The maximum Gasteiger partial charge on any atom is 0.418 e. The normalized spacial score (nSPS) is 11.5. The van der Waals surface area contributed by atoms with E-state index in [4.69, 9.17) is 0 Å². The first-order valence-corrected chi connectivity index (χ1v) is 6.91. The molecule has 2 rings (SSSR count). The van der Waals surface area contributed by atoms with Crippen LogP contribution in [0, 0.1) is 0 Å². The molecule has 1 aromatic carbocycles. The first kappa shape index (κ1) is 16.0. The lowest BCUT2D eigenvalue weighted by Gasteiger charge is -2.13. The Morgan fingerprint density at radius 1 is 1.24 bits per heavy atom. The quantitative estimate of drug-likeness (QED) is 0.686. The fourth-order valence-electron chi connectivity index (χ4n) is 1.56. The van der Waals surface area contributed by atoms with Crippen LogP contribution in [0.5, 0.6) is 0 Å². The second-order valence-electron chi connectivity index (χ2n) is 3.79. The molecular weight excluding hydrogens is 423 g/mol. The summed E-state index contributed by atoms with van der Waals surface area (Å²) >= 11 is 6.08. The first-order chi connectivity index (χ1) is 9.74. The van der Waals surface area contributed by atoms with Crippen molar-refractivity contribution in [2.45, 2.75) is 6.18 Å². The third-order valence-corrected chi connectivity index (χ3v) is 4.07. The number of nitrogens with zero attached hydrogens (tertiary/aromatic N) is 3. The van der Waals surface area contributed by atoms with Gasteiger partial charge >= 0.3 is 12.1 Å². The van der Waals surface area contributed by atoms with Crippen molar-refractivity contribution >= 4 is 37.8 Å². The average Bonchev–Trinajstić information content (AvgIpc) is 2.76. The zero-order valence-corrected chi connectivity index (χ0v) is 13.5. The Balaban J connectivity index is 2.63. The van der Waals surface area contributed by atoms with Crippen molar-refractivity contribution in [1.82, 2.24) is 15.0 Å². The molecule has 0 saturated heterocycles. The van der Waals surface area contributed by atoms with Gasteiger partial charge in [0.05, 0.1) is 23.9 Å². The maximum atomic E-state index is 13.1. The number of carbonyl (C=O) groups is 1. The number of alkyl halides is 3. The third kappa shape index (κ3) is 3.26. The van der Waals surface area contributed by atoms with Crippen LogP contribution in [0.15, 0.2) is 27.4 Å². The molecule has 0 aliphatic carbocycles. The topological polar surface area (TPSA) is 57.0 Å². The van der Waals surface area contributed by atoms with Crippen LogP contribution in [-0.4, -0.2) is 28.1 Å². The van der Waals surface area contributed by atoms with Crippen LogP contribution in [0.1, 0.15) is 15.9 Å². The zero-order chi connectivity index (χ0) is 15.8. The molecule has 0 fully saturated rings. The van der Waals surface area contributed by atoms with Gasteiger partial charge in [-0.3, -0.25) is 0 Å². The van der Waals surface area contributed by atoms with E-state index in [1.54, 1.807) is 0 Å². The molecule has 0 aliphatic heterocycles. The number of benzene rings is 1. The number of hydrogen-bond acceptors (Lipinski definition) is 4. The van der Waals surface area contributed by atoms with Gasteiger partial charge in [-0.15, -0.1) is 15.0 Å². The monoisotopic (exact) mass is 427 g/mol. The molecule has 21 heavy (non-hydrogen) atoms. The van der Waals surface area contributed by atoms with Gasteiger partial charge in [0.2, 0.25) is 0 Å². The SMILES string of the molecule is COC(=O)c1ccc(-n2nc(Br)c(Br)n2)c(C(F)(F)F)c1. The second kappa shape index (κ2) is 5.76. The van der Waals surface area contributed by atoms with Crippen LogP contribution in [-0.2, 0) is 10.9 Å². The van der Waals surface area contributed by atoms with Gasteiger partial charge in [0.1, 0.15) is 0 Å². The second-order valence-corrected chi connectivity index (χ2v) is 5.29. The Morgan fingerprint density at radius 3 is 2.29 bits per heavy atom. The van der Waals surface area contributed by atoms with Crippen LogP contribution in [0.3, 0.4) is 0 Å². The summed E-state index contributed by atoms with van der Waals surface area (Å²) in [6, 6.07) is 3.02. The summed E-state index contributed by atoms with van der Waals surface area (Å²) in [4.78, 5) is 12.2. The van der Waals surface area contributed by atoms with Crippen LogP contribution < -0.4 is 0 Å². The standard InChI is InChI=1S/C11H6Br2F3N3O2/c1-21-10(20)5-2-3-7(6(4-5)11(14,15)16)19-17-8(12)9(13)18-19/h2-4H,1H3. The molecule has 1 heterocycles. The van der Waals surface area contributed by atoms with Gasteiger partial charge in [0.15, 0.2) is 9.21 Å². The van der Waals surface area contributed by atoms with Crippen LogP contribution in [0.4, 0.5) is 13.2 Å². The van der Waals surface area contributed by atoms with E-state index < -0.39 is 17.7 Å². The third-order valence-electron chi connectivity index (χ3n) is 2.47. The lowest BCUT2D eigenvalue weighted by atomic mass is 10.1. The summed E-state index contributed by atoms with van der Waals surface area (Å²) in [5, 5.41) is 7.62. The number of hydrogen-bond donors (Lipinski definition) is 0. The molecule has 0 saturated carbocycles. The van der Waals surface area contributed by atoms with Gasteiger partial charge in [0.25, 0.3) is 0 Å². The summed E-state index contributed by atoms with van der Waals surface area (Å²) in [6.45, 7) is 0. The highest BCUT2D eigenvalue weighted by Gasteiger charge is 2.35. The van der Waals surface area contributed by atoms with Crippen molar-refractivity contribution in [3.05, 3.63) is 38.5 Å². The number of methoxy groups -OCH3 is 1. The summed E-state index contributed by atoms with van der Waals surface area (Å²) in [5.41, 5.74) is -1.55. The molecule has 1 aromatic heterocycles. The van der Waals surface area contributed by atoms with E-state index in [1.165, 1.54) is 6.07 Å². The fraction of sp³-hybridized carbons (Fsp3) is 0.182. The molecular formula is C11H6Br2F3N3O2. The molecule has 112 valence electrons. The molecule has 0 spiro atoms. The van der Waals surface area contributed by atoms with Crippen molar-refractivity contribution in [3.8, 4) is 5.69 Å². The molecule has 0 aliphatic rings. The molecule has 0 amide bonds. The Labute approximate surface area is 133 Å². The van der Waals surface area contributed by atoms with Gasteiger partial charge in [-0.25, -0.2) is 4.79 Å². The lowest BCUT2D eigenvalue weighted by Crippen LogP contribution is -2.14. The highest BCUT2D eigenvalue weighted by atomic mass is 79.9. The summed E-state index contributed by atoms with van der Waals surface area (Å²) in [7, 11) is 1.09. The molecule has 10 heteroatoms. The Bertz CT molecular complexity index is 681. The minimum Gasteiger partial charge on any atom is -0.465 e. The minimum absolute atomic E-state index is 0.209. The van der Waals surface area contributed by atoms with Gasteiger partial charge in [0, 0.05) is 0 Å². The number of aromatic nitrogens is 3. The Morgan fingerprint density at radius 2 is 1.81 bits per heavy atom. The molecule has 5 nitrogen and oxygen atoms in total. The number of carbonyl (C=O) groups excluding carboxylic acids is 1.